The van der Waals surface area contributed by atoms with E-state index in [1.807, 2.05) is 0 Å². The van der Waals surface area contributed by atoms with Gasteiger partial charge in [0.05, 0.1) is 0 Å². The number of aromatic nitrogens is 1. The minimum absolute atomic E-state index is 0.228. The molecule has 0 bridgehead atoms. The molecule has 0 unspecified atom stereocenters. The van der Waals surface area contributed by atoms with Crippen molar-refractivity contribution in [3.8, 4) is 0 Å². The molecular formula is C6H2BrClN2O3. The smallest absolute Gasteiger partial charge is 0.358 e. The Morgan fingerprint density at radius 3 is 2.69 bits per heavy atom. The lowest BCUT2D eigenvalue weighted by Gasteiger charge is -1.98. The summed E-state index contributed by atoms with van der Waals surface area (Å²) in [5, 5.41) is 9.48. The van der Waals surface area contributed by atoms with E-state index in [4.69, 9.17) is 11.6 Å². The lowest BCUT2D eigenvalue weighted by Crippen LogP contribution is -2.01. The summed E-state index contributed by atoms with van der Waals surface area (Å²) in [5.41, 5.74) is -0.228. The van der Waals surface area contributed by atoms with Crippen molar-refractivity contribution in [3.05, 3.63) is 32.4 Å². The zero-order chi connectivity index (χ0) is 10.0. The van der Waals surface area contributed by atoms with Crippen LogP contribution in [0.3, 0.4) is 0 Å². The van der Waals surface area contributed by atoms with Gasteiger partial charge in [-0.3, -0.25) is 4.79 Å². The minimum atomic E-state index is -0.910. The van der Waals surface area contributed by atoms with Crippen molar-refractivity contribution >= 4 is 38.6 Å². The van der Waals surface area contributed by atoms with Crippen LogP contribution in [0, 0.1) is 10.1 Å². The quantitative estimate of drug-likeness (QED) is 0.466. The molecule has 0 fully saturated rings. The summed E-state index contributed by atoms with van der Waals surface area (Å²) in [6, 6.07) is 1.41. The lowest BCUT2D eigenvalue weighted by molar-refractivity contribution is -0.389. The number of pyridine rings is 1. The van der Waals surface area contributed by atoms with Crippen molar-refractivity contribution in [2.75, 3.05) is 0 Å². The highest BCUT2D eigenvalue weighted by molar-refractivity contribution is 9.10. The fourth-order valence-corrected chi connectivity index (χ4v) is 1.52. The van der Waals surface area contributed by atoms with Crippen molar-refractivity contribution < 1.29 is 9.72 Å². The first-order chi connectivity index (χ1) is 6.04. The molecule has 0 aliphatic heterocycles. The zero-order valence-electron chi connectivity index (χ0n) is 6.03. The van der Waals surface area contributed by atoms with Gasteiger partial charge in [-0.2, -0.15) is 0 Å². The molecule has 7 heteroatoms. The highest BCUT2D eigenvalue weighted by Crippen LogP contribution is 2.25. The van der Waals surface area contributed by atoms with Gasteiger partial charge in [-0.1, -0.05) is 0 Å². The molecule has 0 atom stereocenters. The molecule has 13 heavy (non-hydrogen) atoms. The molecule has 0 aliphatic rings. The van der Waals surface area contributed by atoms with Crippen molar-refractivity contribution in [1.82, 2.24) is 4.98 Å². The first kappa shape index (κ1) is 10.1. The van der Waals surface area contributed by atoms with Crippen LogP contribution in [0.1, 0.15) is 10.4 Å². The highest BCUT2D eigenvalue weighted by atomic mass is 79.9. The largest absolute Gasteiger partial charge is 0.376 e. The number of hydrogen-bond acceptors (Lipinski definition) is 4. The maximum Gasteiger partial charge on any atom is 0.376 e. The Hall–Kier alpha value is -1.01. The van der Waals surface area contributed by atoms with Crippen molar-refractivity contribution in [2.24, 2.45) is 0 Å². The lowest BCUT2D eigenvalue weighted by atomic mass is 10.3. The first-order valence-corrected chi connectivity index (χ1v) is 4.20. The minimum Gasteiger partial charge on any atom is -0.358 e. The van der Waals surface area contributed by atoms with Crippen LogP contribution in [0.5, 0.6) is 0 Å². The molecule has 5 nitrogen and oxygen atoms in total. The third-order valence-electron chi connectivity index (χ3n) is 1.25. The summed E-state index contributed by atoms with van der Waals surface area (Å²) >= 11 is 8.11. The van der Waals surface area contributed by atoms with Gasteiger partial charge < -0.3 is 10.1 Å². The summed E-state index contributed by atoms with van der Waals surface area (Å²) < 4.78 is 0.259. The average molecular weight is 265 g/mol. The van der Waals surface area contributed by atoms with Gasteiger partial charge in [0.2, 0.25) is 0 Å². The predicted octanol–water partition coefficient (Wildman–Crippen LogP) is 2.13. The van der Waals surface area contributed by atoms with Crippen molar-refractivity contribution in [3.63, 3.8) is 0 Å². The molecule has 0 saturated heterocycles. The van der Waals surface area contributed by atoms with Crippen LogP contribution in [-0.4, -0.2) is 15.1 Å². The van der Waals surface area contributed by atoms with Gasteiger partial charge in [0, 0.05) is 4.47 Å². The monoisotopic (exact) mass is 264 g/mol. The van der Waals surface area contributed by atoms with Gasteiger partial charge >= 0.3 is 5.82 Å². The first-order valence-electron chi connectivity index (χ1n) is 3.02. The fourth-order valence-electron chi connectivity index (χ4n) is 0.748. The molecule has 0 amide bonds. The molecule has 0 N–H and O–H groups in total. The van der Waals surface area contributed by atoms with E-state index in [1.165, 1.54) is 12.3 Å². The molecule has 0 aliphatic carbocycles. The molecular weight excluding hydrogens is 263 g/mol. The predicted molar refractivity (Wildman–Crippen MR) is 48.8 cm³/mol. The summed E-state index contributed by atoms with van der Waals surface area (Å²) in [5.74, 6) is -0.547. The molecule has 1 heterocycles. The van der Waals surface area contributed by atoms with E-state index >= 15 is 0 Å². The van der Waals surface area contributed by atoms with Crippen LogP contribution in [0.15, 0.2) is 16.7 Å². The van der Waals surface area contributed by atoms with Crippen LogP contribution in [0.2, 0.25) is 0 Å². The topological polar surface area (TPSA) is 73.1 Å². The fraction of sp³-hybridized carbons (Fsp3) is 0. The average Bonchev–Trinajstić information content (AvgIpc) is 2.02. The molecule has 0 aromatic carbocycles. The second-order valence-electron chi connectivity index (χ2n) is 2.02. The molecule has 1 aromatic rings. The molecule has 0 radical (unpaired) electrons. The van der Waals surface area contributed by atoms with Crippen LogP contribution >= 0.6 is 27.5 Å². The Balaban J connectivity index is 3.43. The number of nitrogens with zero attached hydrogens (tertiary/aromatic N) is 2. The van der Waals surface area contributed by atoms with E-state index in [0.29, 0.717) is 0 Å². The number of halogens is 2. The second kappa shape index (κ2) is 3.80. The van der Waals surface area contributed by atoms with E-state index < -0.39 is 16.0 Å². The maximum atomic E-state index is 10.8. The summed E-state index contributed by atoms with van der Waals surface area (Å²) in [7, 11) is 0. The SMILES string of the molecule is O=C(Cl)c1c(Br)ccnc1[N+](=O)[O-]. The standard InChI is InChI=1S/C6H2BrClN2O3/c7-3-1-2-9-6(10(12)13)4(3)5(8)11/h1-2H. The summed E-state index contributed by atoms with van der Waals surface area (Å²) in [6.07, 6.45) is 1.21. The molecule has 68 valence electrons. The van der Waals surface area contributed by atoms with Gasteiger partial charge in [0.15, 0.2) is 0 Å². The normalized spacial score (nSPS) is 9.69. The van der Waals surface area contributed by atoms with Gasteiger partial charge in [-0.15, -0.1) is 0 Å². The third-order valence-corrected chi connectivity index (χ3v) is 2.10. The van der Waals surface area contributed by atoms with Crippen LogP contribution in [-0.2, 0) is 0 Å². The van der Waals surface area contributed by atoms with E-state index in [-0.39, 0.29) is 10.0 Å². The maximum absolute atomic E-state index is 10.8. The Labute approximate surface area is 86.0 Å². The highest BCUT2D eigenvalue weighted by Gasteiger charge is 2.22. The van der Waals surface area contributed by atoms with E-state index in [1.54, 1.807) is 0 Å². The number of carbonyl (C=O) groups excluding carboxylic acids is 1. The van der Waals surface area contributed by atoms with Crippen LogP contribution in [0.25, 0.3) is 0 Å². The molecule has 0 spiro atoms. The number of rotatable bonds is 2. The Bertz CT molecular complexity index is 382. The van der Waals surface area contributed by atoms with E-state index in [0.717, 1.165) is 0 Å². The third kappa shape index (κ3) is 2.02. The molecule has 1 rings (SSSR count). The number of carbonyl (C=O) groups is 1. The van der Waals surface area contributed by atoms with Crippen LogP contribution in [0.4, 0.5) is 5.82 Å². The van der Waals surface area contributed by atoms with Gasteiger partial charge in [-0.05, 0) is 43.5 Å². The van der Waals surface area contributed by atoms with E-state index in [9.17, 15) is 14.9 Å². The van der Waals surface area contributed by atoms with Crippen molar-refractivity contribution in [1.29, 1.82) is 0 Å². The molecule has 1 aromatic heterocycles. The Morgan fingerprint density at radius 2 is 2.31 bits per heavy atom. The van der Waals surface area contributed by atoms with Gasteiger partial charge in [0.25, 0.3) is 5.24 Å². The van der Waals surface area contributed by atoms with Crippen LogP contribution < -0.4 is 0 Å². The van der Waals surface area contributed by atoms with Gasteiger partial charge in [-0.25, -0.2) is 0 Å². The summed E-state index contributed by atoms with van der Waals surface area (Å²) in [6.45, 7) is 0. The van der Waals surface area contributed by atoms with Crippen molar-refractivity contribution in [2.45, 2.75) is 0 Å². The zero-order valence-corrected chi connectivity index (χ0v) is 8.37. The van der Waals surface area contributed by atoms with E-state index in [2.05, 4.69) is 20.9 Å². The molecule has 0 saturated carbocycles. The van der Waals surface area contributed by atoms with Gasteiger partial charge in [0.1, 0.15) is 11.8 Å². The number of hydrogen-bond donors (Lipinski definition) is 0. The summed E-state index contributed by atoms with van der Waals surface area (Å²) in [4.78, 5) is 23.8. The Kier molecular flexibility index (Phi) is 2.94. The Morgan fingerprint density at radius 1 is 1.69 bits per heavy atom. The second-order valence-corrected chi connectivity index (χ2v) is 3.22. The number of nitro groups is 1.